The Morgan fingerprint density at radius 2 is 1.71 bits per heavy atom. The van der Waals surface area contributed by atoms with E-state index >= 15 is 0 Å². The minimum atomic E-state index is -3.23. The molecule has 9 heteroatoms. The second kappa shape index (κ2) is 11.9. The standard InChI is InChI=1S/C29H39N3O5S/c1-4-27(33)30-25(24-7-5-6-8-26(24)37-2)13-17-31-18-14-29(15-19-31)16-20-32(28(29)34)21-22-9-11-23(12-10-22)38(3,35)36/h5-12,25H,4,13-21H2,1-3H3,(H,30,33). The van der Waals surface area contributed by atoms with Gasteiger partial charge < -0.3 is 19.9 Å². The zero-order valence-corrected chi connectivity index (χ0v) is 23.4. The van der Waals surface area contributed by atoms with Crippen LogP contribution in [0.1, 0.15) is 56.2 Å². The number of methoxy groups -OCH3 is 1. The van der Waals surface area contributed by atoms with Gasteiger partial charge in [0.2, 0.25) is 11.8 Å². The van der Waals surface area contributed by atoms with Crippen LogP contribution >= 0.6 is 0 Å². The summed E-state index contributed by atoms with van der Waals surface area (Å²) in [5, 5.41) is 3.15. The van der Waals surface area contributed by atoms with Gasteiger partial charge in [0, 0.05) is 37.9 Å². The number of para-hydroxylation sites is 1. The summed E-state index contributed by atoms with van der Waals surface area (Å²) < 4.78 is 29.0. The van der Waals surface area contributed by atoms with Crippen LogP contribution in [-0.4, -0.2) is 69.6 Å². The van der Waals surface area contributed by atoms with Crippen molar-refractivity contribution in [3.8, 4) is 5.75 Å². The van der Waals surface area contributed by atoms with E-state index in [0.29, 0.717) is 17.9 Å². The number of hydrogen-bond acceptors (Lipinski definition) is 6. The lowest BCUT2D eigenvalue weighted by atomic mass is 9.77. The van der Waals surface area contributed by atoms with E-state index in [0.717, 1.165) is 68.7 Å². The number of nitrogens with zero attached hydrogens (tertiary/aromatic N) is 2. The summed E-state index contributed by atoms with van der Waals surface area (Å²) in [6, 6.07) is 14.5. The number of hydrogen-bond donors (Lipinski definition) is 1. The van der Waals surface area contributed by atoms with Gasteiger partial charge in [-0.05, 0) is 62.5 Å². The van der Waals surface area contributed by atoms with Gasteiger partial charge in [0.1, 0.15) is 5.75 Å². The molecule has 0 saturated carbocycles. The molecule has 2 amide bonds. The van der Waals surface area contributed by atoms with Crippen molar-refractivity contribution in [2.75, 3.05) is 39.5 Å². The molecule has 2 heterocycles. The highest BCUT2D eigenvalue weighted by atomic mass is 32.2. The zero-order valence-electron chi connectivity index (χ0n) is 22.6. The molecule has 8 nitrogen and oxygen atoms in total. The number of benzene rings is 2. The molecule has 1 spiro atoms. The fraction of sp³-hybridized carbons (Fsp3) is 0.517. The van der Waals surface area contributed by atoms with Crippen molar-refractivity contribution in [3.05, 3.63) is 59.7 Å². The lowest BCUT2D eigenvalue weighted by Gasteiger charge is -2.38. The lowest BCUT2D eigenvalue weighted by Crippen LogP contribution is -2.45. The molecule has 2 saturated heterocycles. The molecule has 0 aromatic heterocycles. The second-order valence-corrected chi connectivity index (χ2v) is 12.5. The Labute approximate surface area is 226 Å². The van der Waals surface area contributed by atoms with Gasteiger partial charge in [0.05, 0.1) is 23.5 Å². The van der Waals surface area contributed by atoms with Gasteiger partial charge in [-0.2, -0.15) is 0 Å². The summed E-state index contributed by atoms with van der Waals surface area (Å²) >= 11 is 0. The smallest absolute Gasteiger partial charge is 0.229 e. The Morgan fingerprint density at radius 1 is 1.05 bits per heavy atom. The van der Waals surface area contributed by atoms with E-state index in [1.807, 2.05) is 36.1 Å². The maximum atomic E-state index is 13.4. The molecule has 38 heavy (non-hydrogen) atoms. The lowest BCUT2D eigenvalue weighted by molar-refractivity contribution is -0.139. The van der Waals surface area contributed by atoms with Crippen LogP contribution in [0.4, 0.5) is 0 Å². The number of amides is 2. The fourth-order valence-electron chi connectivity index (χ4n) is 5.64. The van der Waals surface area contributed by atoms with Crippen molar-refractivity contribution in [1.29, 1.82) is 0 Å². The molecule has 0 aliphatic carbocycles. The van der Waals surface area contributed by atoms with Gasteiger partial charge in [-0.25, -0.2) is 8.42 Å². The first kappa shape index (κ1) is 28.1. The van der Waals surface area contributed by atoms with Crippen molar-refractivity contribution < 1.29 is 22.7 Å². The highest BCUT2D eigenvalue weighted by Gasteiger charge is 2.47. The summed E-state index contributed by atoms with van der Waals surface area (Å²) in [4.78, 5) is 30.3. The van der Waals surface area contributed by atoms with Crippen LogP contribution in [0.25, 0.3) is 0 Å². The normalized spacial score (nSPS) is 18.5. The number of nitrogens with one attached hydrogen (secondary N) is 1. The zero-order chi connectivity index (χ0) is 27.3. The van der Waals surface area contributed by atoms with Crippen LogP contribution in [0.3, 0.4) is 0 Å². The number of rotatable bonds is 10. The largest absolute Gasteiger partial charge is 0.496 e. The van der Waals surface area contributed by atoms with Crippen molar-refractivity contribution in [1.82, 2.24) is 15.1 Å². The van der Waals surface area contributed by atoms with E-state index in [-0.39, 0.29) is 23.3 Å². The molecule has 2 aliphatic heterocycles. The van der Waals surface area contributed by atoms with Gasteiger partial charge >= 0.3 is 0 Å². The van der Waals surface area contributed by atoms with Crippen molar-refractivity contribution in [2.45, 2.75) is 56.5 Å². The highest BCUT2D eigenvalue weighted by Crippen LogP contribution is 2.42. The monoisotopic (exact) mass is 541 g/mol. The van der Waals surface area contributed by atoms with E-state index in [1.165, 1.54) is 6.26 Å². The Kier molecular flexibility index (Phi) is 8.78. The third kappa shape index (κ3) is 6.38. The van der Waals surface area contributed by atoms with E-state index in [2.05, 4.69) is 10.2 Å². The third-order valence-corrected chi connectivity index (χ3v) is 9.17. The number of carbonyl (C=O) groups excluding carboxylic acids is 2. The summed E-state index contributed by atoms with van der Waals surface area (Å²) in [5.74, 6) is 1.00. The summed E-state index contributed by atoms with van der Waals surface area (Å²) in [6.45, 7) is 5.61. The van der Waals surface area contributed by atoms with E-state index < -0.39 is 9.84 Å². The summed E-state index contributed by atoms with van der Waals surface area (Å²) in [6.07, 6.45) is 4.91. The Balaban J connectivity index is 1.33. The van der Waals surface area contributed by atoms with E-state index in [1.54, 1.807) is 31.4 Å². The van der Waals surface area contributed by atoms with Gasteiger partial charge in [0.25, 0.3) is 0 Å². The van der Waals surface area contributed by atoms with Crippen LogP contribution in [0.5, 0.6) is 5.75 Å². The predicted molar refractivity (Wildman–Crippen MR) is 146 cm³/mol. The molecule has 2 fully saturated rings. The molecule has 1 N–H and O–H groups in total. The number of sulfone groups is 1. The molecule has 0 radical (unpaired) electrons. The average Bonchev–Trinajstić information content (AvgIpc) is 3.21. The molecule has 1 atom stereocenters. The summed E-state index contributed by atoms with van der Waals surface area (Å²) in [7, 11) is -1.59. The Bertz CT molecular complexity index is 1240. The van der Waals surface area contributed by atoms with E-state index in [9.17, 15) is 18.0 Å². The van der Waals surface area contributed by atoms with Crippen LogP contribution in [0.15, 0.2) is 53.4 Å². The highest BCUT2D eigenvalue weighted by molar-refractivity contribution is 7.90. The first-order valence-electron chi connectivity index (χ1n) is 13.4. The molecular formula is C29H39N3O5S. The maximum absolute atomic E-state index is 13.4. The minimum Gasteiger partial charge on any atom is -0.496 e. The molecular weight excluding hydrogens is 502 g/mol. The molecule has 4 rings (SSSR count). The molecule has 206 valence electrons. The van der Waals surface area contributed by atoms with Gasteiger partial charge in [-0.15, -0.1) is 0 Å². The van der Waals surface area contributed by atoms with Crippen LogP contribution in [0.2, 0.25) is 0 Å². The molecule has 1 unspecified atom stereocenters. The van der Waals surface area contributed by atoms with Crippen LogP contribution < -0.4 is 10.1 Å². The fourth-order valence-corrected chi connectivity index (χ4v) is 6.27. The molecule has 2 aliphatic rings. The van der Waals surface area contributed by atoms with Crippen molar-refractivity contribution in [2.24, 2.45) is 5.41 Å². The van der Waals surface area contributed by atoms with Gasteiger partial charge in [-0.3, -0.25) is 9.59 Å². The number of piperidine rings is 1. The second-order valence-electron chi connectivity index (χ2n) is 10.5. The van der Waals surface area contributed by atoms with Crippen LogP contribution in [-0.2, 0) is 26.0 Å². The Hall–Kier alpha value is -2.91. The number of likely N-dealkylation sites (tertiary alicyclic amines) is 2. The van der Waals surface area contributed by atoms with E-state index in [4.69, 9.17) is 4.74 Å². The first-order chi connectivity index (χ1) is 18.1. The third-order valence-electron chi connectivity index (χ3n) is 8.04. The molecule has 2 aromatic carbocycles. The maximum Gasteiger partial charge on any atom is 0.229 e. The number of carbonyl (C=O) groups is 2. The topological polar surface area (TPSA) is 96.0 Å². The van der Waals surface area contributed by atoms with Gasteiger partial charge in [0.15, 0.2) is 9.84 Å². The van der Waals surface area contributed by atoms with Crippen molar-refractivity contribution >= 4 is 21.7 Å². The average molecular weight is 542 g/mol. The van der Waals surface area contributed by atoms with Crippen LogP contribution in [0, 0.1) is 5.41 Å². The quantitative estimate of drug-likeness (QED) is 0.494. The Morgan fingerprint density at radius 3 is 2.34 bits per heavy atom. The van der Waals surface area contributed by atoms with Crippen molar-refractivity contribution in [3.63, 3.8) is 0 Å². The SMILES string of the molecule is CCC(=O)NC(CCN1CCC2(CC1)CCN(Cc1ccc(S(C)(=O)=O)cc1)C2=O)c1ccccc1OC. The summed E-state index contributed by atoms with van der Waals surface area (Å²) in [5.41, 5.74) is 1.62. The predicted octanol–water partition coefficient (Wildman–Crippen LogP) is 3.57. The molecule has 2 aromatic rings. The first-order valence-corrected chi connectivity index (χ1v) is 15.3. The minimum absolute atomic E-state index is 0.0149. The number of ether oxygens (including phenoxy) is 1. The molecule has 0 bridgehead atoms. The van der Waals surface area contributed by atoms with Gasteiger partial charge in [-0.1, -0.05) is 37.3 Å².